The van der Waals surface area contributed by atoms with Gasteiger partial charge in [0.1, 0.15) is 11.3 Å². The first-order valence-corrected chi connectivity index (χ1v) is 15.2. The fourth-order valence-electron chi connectivity index (χ4n) is 4.62. The molecule has 0 bridgehead atoms. The Morgan fingerprint density at radius 1 is 1.03 bits per heavy atom. The van der Waals surface area contributed by atoms with Gasteiger partial charge in [0.05, 0.1) is 16.5 Å². The van der Waals surface area contributed by atoms with Gasteiger partial charge in [0.15, 0.2) is 0 Å². The highest BCUT2D eigenvalue weighted by atomic mass is 35.5. The second kappa shape index (κ2) is 11.0. The quantitative estimate of drug-likeness (QED) is 0.210. The van der Waals surface area contributed by atoms with Crippen molar-refractivity contribution >= 4 is 56.2 Å². The minimum Gasteiger partial charge on any atom is -0.456 e. The molecule has 192 valence electrons. The van der Waals surface area contributed by atoms with Gasteiger partial charge in [-0.1, -0.05) is 73.1 Å². The maximum Gasteiger partial charge on any atom is 0.264 e. The number of anilines is 1. The van der Waals surface area contributed by atoms with Crippen LogP contribution < -0.4 is 4.90 Å². The van der Waals surface area contributed by atoms with Gasteiger partial charge in [-0.15, -0.1) is 0 Å². The van der Waals surface area contributed by atoms with Gasteiger partial charge < -0.3 is 9.32 Å². The van der Waals surface area contributed by atoms with E-state index in [0.717, 1.165) is 62.7 Å². The Labute approximate surface area is 226 Å². The van der Waals surface area contributed by atoms with Crippen LogP contribution in [0.5, 0.6) is 0 Å². The van der Waals surface area contributed by atoms with Crippen LogP contribution >= 0.6 is 23.4 Å². The third-order valence-corrected chi connectivity index (χ3v) is 8.59. The number of hydrogen-bond acceptors (Lipinski definition) is 5. The van der Waals surface area contributed by atoms with Gasteiger partial charge in [-0.05, 0) is 60.7 Å². The molecule has 37 heavy (non-hydrogen) atoms. The van der Waals surface area contributed by atoms with Gasteiger partial charge >= 0.3 is 0 Å². The highest BCUT2D eigenvalue weighted by molar-refractivity contribution is 8.03. The molecule has 0 radical (unpaired) electrons. The van der Waals surface area contributed by atoms with Crippen LogP contribution in [0.4, 0.5) is 5.69 Å². The van der Waals surface area contributed by atoms with Gasteiger partial charge in [-0.3, -0.25) is 4.55 Å². The SMILES string of the molecule is CCCCN1C(=Cc2oc3ccc(-c4ccccc4)cc3c2CCCS(=O)(=O)O)Sc2ccc(Cl)cc21. The summed E-state index contributed by atoms with van der Waals surface area (Å²) in [5.74, 6) is 0.411. The summed E-state index contributed by atoms with van der Waals surface area (Å²) >= 11 is 8.00. The molecule has 2 heterocycles. The molecule has 0 atom stereocenters. The molecule has 0 unspecified atom stereocenters. The summed E-state index contributed by atoms with van der Waals surface area (Å²) in [6.07, 6.45) is 4.91. The Morgan fingerprint density at radius 3 is 2.59 bits per heavy atom. The van der Waals surface area contributed by atoms with Crippen molar-refractivity contribution in [2.24, 2.45) is 0 Å². The molecule has 0 aliphatic carbocycles. The van der Waals surface area contributed by atoms with Crippen molar-refractivity contribution < 1.29 is 17.4 Å². The fourth-order valence-corrected chi connectivity index (χ4v) is 6.40. The first-order valence-electron chi connectivity index (χ1n) is 12.3. The van der Waals surface area contributed by atoms with E-state index < -0.39 is 10.1 Å². The predicted octanol–water partition coefficient (Wildman–Crippen LogP) is 8.28. The summed E-state index contributed by atoms with van der Waals surface area (Å²) in [7, 11) is -4.05. The van der Waals surface area contributed by atoms with Crippen LogP contribution in [-0.2, 0) is 16.5 Å². The first-order chi connectivity index (χ1) is 17.8. The molecule has 1 N–H and O–H groups in total. The Bertz CT molecular complexity index is 1560. The van der Waals surface area contributed by atoms with Crippen molar-refractivity contribution in [2.45, 2.75) is 37.5 Å². The molecular formula is C29H28ClNO4S2. The van der Waals surface area contributed by atoms with E-state index in [1.807, 2.05) is 48.5 Å². The number of rotatable bonds is 9. The lowest BCUT2D eigenvalue weighted by Crippen LogP contribution is -2.18. The molecule has 0 amide bonds. The second-order valence-electron chi connectivity index (χ2n) is 9.11. The molecule has 0 saturated heterocycles. The van der Waals surface area contributed by atoms with Crippen molar-refractivity contribution in [3.8, 4) is 11.1 Å². The van der Waals surface area contributed by atoms with Crippen LogP contribution in [0, 0.1) is 0 Å². The monoisotopic (exact) mass is 553 g/mol. The molecule has 1 aliphatic rings. The van der Waals surface area contributed by atoms with E-state index >= 15 is 0 Å². The van der Waals surface area contributed by atoms with Crippen molar-refractivity contribution in [1.29, 1.82) is 0 Å². The topological polar surface area (TPSA) is 70.8 Å². The van der Waals surface area contributed by atoms with Crippen molar-refractivity contribution in [3.63, 3.8) is 0 Å². The molecule has 5 nitrogen and oxygen atoms in total. The molecule has 1 aromatic heterocycles. The Hall–Kier alpha value is -2.71. The van der Waals surface area contributed by atoms with Gasteiger partial charge in [0.2, 0.25) is 0 Å². The zero-order valence-electron chi connectivity index (χ0n) is 20.5. The smallest absolute Gasteiger partial charge is 0.264 e. The zero-order chi connectivity index (χ0) is 26.0. The molecule has 0 saturated carbocycles. The number of nitrogens with zero attached hydrogens (tertiary/aromatic N) is 1. The summed E-state index contributed by atoms with van der Waals surface area (Å²) in [4.78, 5) is 3.42. The summed E-state index contributed by atoms with van der Waals surface area (Å²) in [5, 5.41) is 2.70. The van der Waals surface area contributed by atoms with E-state index in [9.17, 15) is 13.0 Å². The molecule has 0 spiro atoms. The number of benzene rings is 3. The van der Waals surface area contributed by atoms with E-state index in [1.54, 1.807) is 11.8 Å². The number of furan rings is 1. The van der Waals surface area contributed by atoms with E-state index in [1.165, 1.54) is 0 Å². The molecule has 0 fully saturated rings. The number of hydrogen-bond donors (Lipinski definition) is 1. The van der Waals surface area contributed by atoms with Crippen LogP contribution in [0.1, 0.15) is 37.5 Å². The van der Waals surface area contributed by atoms with Gasteiger partial charge in [-0.25, -0.2) is 0 Å². The average molecular weight is 554 g/mol. The molecule has 3 aromatic carbocycles. The van der Waals surface area contributed by atoms with Crippen LogP contribution in [0.2, 0.25) is 5.02 Å². The van der Waals surface area contributed by atoms with Gasteiger partial charge in [-0.2, -0.15) is 8.42 Å². The molecule has 5 rings (SSSR count). The summed E-state index contributed by atoms with van der Waals surface area (Å²) in [5.41, 5.74) is 4.93. The van der Waals surface area contributed by atoms with E-state index in [-0.39, 0.29) is 5.75 Å². The van der Waals surface area contributed by atoms with Gasteiger partial charge in [0, 0.05) is 33.5 Å². The number of unbranched alkanes of at least 4 members (excludes halogenated alkanes) is 1. The Kier molecular flexibility index (Phi) is 7.67. The van der Waals surface area contributed by atoms with Crippen molar-refractivity contribution in [2.75, 3.05) is 17.2 Å². The van der Waals surface area contributed by atoms with E-state index in [0.29, 0.717) is 23.6 Å². The first kappa shape index (κ1) is 25.9. The number of halogens is 1. The lowest BCUT2D eigenvalue weighted by Gasteiger charge is -2.20. The number of fused-ring (bicyclic) bond motifs is 2. The van der Waals surface area contributed by atoms with Crippen LogP contribution in [0.25, 0.3) is 28.2 Å². The van der Waals surface area contributed by atoms with Crippen LogP contribution in [0.3, 0.4) is 0 Å². The maximum atomic E-state index is 11.4. The second-order valence-corrected chi connectivity index (χ2v) is 12.2. The summed E-state index contributed by atoms with van der Waals surface area (Å²) in [6.45, 7) is 3.03. The van der Waals surface area contributed by atoms with E-state index in [4.69, 9.17) is 16.0 Å². The Morgan fingerprint density at radius 2 is 1.84 bits per heavy atom. The summed E-state index contributed by atoms with van der Waals surface area (Å²) < 4.78 is 38.5. The Balaban J connectivity index is 1.59. The highest BCUT2D eigenvalue weighted by Crippen LogP contribution is 2.48. The van der Waals surface area contributed by atoms with E-state index in [2.05, 4.69) is 36.1 Å². The predicted molar refractivity (Wildman–Crippen MR) is 154 cm³/mol. The largest absolute Gasteiger partial charge is 0.456 e. The third-order valence-electron chi connectivity index (χ3n) is 6.44. The normalized spacial score (nSPS) is 14.6. The van der Waals surface area contributed by atoms with Crippen LogP contribution in [0.15, 0.2) is 81.1 Å². The lowest BCUT2D eigenvalue weighted by atomic mass is 10.00. The minimum atomic E-state index is -4.05. The van der Waals surface area contributed by atoms with Crippen molar-refractivity contribution in [1.82, 2.24) is 0 Å². The zero-order valence-corrected chi connectivity index (χ0v) is 22.9. The number of thioether (sulfide) groups is 1. The molecule has 8 heteroatoms. The number of aryl methyl sites for hydroxylation is 1. The third kappa shape index (κ3) is 5.91. The van der Waals surface area contributed by atoms with Crippen LogP contribution in [-0.4, -0.2) is 25.3 Å². The van der Waals surface area contributed by atoms with Crippen molar-refractivity contribution in [3.05, 3.63) is 88.1 Å². The molecule has 4 aromatic rings. The van der Waals surface area contributed by atoms with Gasteiger partial charge in [0.25, 0.3) is 10.1 Å². The lowest BCUT2D eigenvalue weighted by molar-refractivity contribution is 0.481. The maximum absolute atomic E-state index is 11.4. The highest BCUT2D eigenvalue weighted by Gasteiger charge is 2.26. The fraction of sp³-hybridized carbons (Fsp3) is 0.241. The molecule has 1 aliphatic heterocycles. The average Bonchev–Trinajstić information content (AvgIpc) is 3.39. The summed E-state index contributed by atoms with van der Waals surface area (Å²) in [6, 6.07) is 22.2. The minimum absolute atomic E-state index is 0.293. The standard InChI is InChI=1S/C29H28ClNO4S2/c1-2-3-15-31-25-18-22(30)12-14-28(25)36-29(31)19-27-23(10-7-16-37(32,33)34)24-17-21(11-13-26(24)35-27)20-8-5-4-6-9-20/h4-6,8-9,11-14,17-19H,2-3,7,10,15-16H2,1H3,(H,32,33,34). The molecular weight excluding hydrogens is 526 g/mol.